The summed E-state index contributed by atoms with van der Waals surface area (Å²) in [7, 11) is 0. The van der Waals surface area contributed by atoms with Gasteiger partial charge in [0.1, 0.15) is 0 Å². The number of carbonyl (C=O) groups excluding carboxylic acids is 1. The zero-order chi connectivity index (χ0) is 18.5. The van der Waals surface area contributed by atoms with E-state index in [2.05, 4.69) is 34.6 Å². The van der Waals surface area contributed by atoms with Crippen molar-refractivity contribution >= 4 is 16.8 Å². The number of benzene rings is 3. The van der Waals surface area contributed by atoms with Gasteiger partial charge in [-0.25, -0.2) is 0 Å². The molecule has 0 fully saturated rings. The molecule has 134 valence electrons. The Morgan fingerprint density at radius 2 is 1.52 bits per heavy atom. The molecule has 3 heteroatoms. The molecule has 4 rings (SSSR count). The van der Waals surface area contributed by atoms with Gasteiger partial charge in [-0.3, -0.25) is 4.79 Å². The fourth-order valence-corrected chi connectivity index (χ4v) is 3.48. The third-order valence-corrected chi connectivity index (χ3v) is 4.85. The van der Waals surface area contributed by atoms with Crippen molar-refractivity contribution in [2.45, 2.75) is 18.9 Å². The van der Waals surface area contributed by atoms with Crippen LogP contribution in [0.15, 0.2) is 91.1 Å². The minimum absolute atomic E-state index is 0.0320. The molecule has 1 aromatic heterocycles. The fraction of sp³-hybridized carbons (Fsp3) is 0.125. The average molecular weight is 354 g/mol. The molecule has 0 saturated carbocycles. The first-order valence-electron chi connectivity index (χ1n) is 9.23. The van der Waals surface area contributed by atoms with Crippen LogP contribution in [0.3, 0.4) is 0 Å². The smallest absolute Gasteiger partial charge is 0.224 e. The van der Waals surface area contributed by atoms with Crippen molar-refractivity contribution in [3.63, 3.8) is 0 Å². The molecular weight excluding hydrogens is 332 g/mol. The predicted octanol–water partition coefficient (Wildman–Crippen LogP) is 4.81. The van der Waals surface area contributed by atoms with Crippen LogP contribution in [0.1, 0.15) is 22.7 Å². The highest BCUT2D eigenvalue weighted by Gasteiger charge is 2.16. The summed E-state index contributed by atoms with van der Waals surface area (Å²) in [5.74, 6) is 0.0320. The summed E-state index contributed by atoms with van der Waals surface area (Å²) >= 11 is 0. The Kier molecular flexibility index (Phi) is 5.01. The van der Waals surface area contributed by atoms with Crippen LogP contribution in [-0.2, 0) is 17.6 Å². The molecule has 0 unspecified atom stereocenters. The first-order valence-corrected chi connectivity index (χ1v) is 9.23. The van der Waals surface area contributed by atoms with Crippen LogP contribution in [-0.4, -0.2) is 10.9 Å². The second-order valence-corrected chi connectivity index (χ2v) is 6.76. The van der Waals surface area contributed by atoms with Crippen LogP contribution in [0.25, 0.3) is 10.9 Å². The normalized spacial score (nSPS) is 12.0. The van der Waals surface area contributed by atoms with E-state index in [0.717, 1.165) is 28.5 Å². The van der Waals surface area contributed by atoms with Crippen LogP contribution in [0.4, 0.5) is 0 Å². The Balaban J connectivity index is 1.53. The lowest BCUT2D eigenvalue weighted by atomic mass is 9.98. The molecule has 27 heavy (non-hydrogen) atoms. The molecule has 0 bridgehead atoms. The van der Waals surface area contributed by atoms with E-state index in [-0.39, 0.29) is 11.9 Å². The molecule has 1 heterocycles. The number of para-hydroxylation sites is 1. The van der Waals surface area contributed by atoms with Gasteiger partial charge in [-0.05, 0) is 29.2 Å². The topological polar surface area (TPSA) is 44.9 Å². The molecule has 0 aliphatic carbocycles. The van der Waals surface area contributed by atoms with E-state index < -0.39 is 0 Å². The van der Waals surface area contributed by atoms with Crippen molar-refractivity contribution in [3.05, 3.63) is 108 Å². The first-order chi connectivity index (χ1) is 13.3. The standard InChI is InChI=1S/C24H22N2O/c27-24(16-20-17-25-22-14-8-7-13-21(20)22)26-23(19-11-5-2-6-12-19)15-18-9-3-1-4-10-18/h1-14,17,23,25H,15-16H2,(H,26,27)/t23-/m1/s1. The van der Waals surface area contributed by atoms with Crippen LogP contribution in [0.5, 0.6) is 0 Å². The number of amides is 1. The Morgan fingerprint density at radius 1 is 0.852 bits per heavy atom. The third-order valence-electron chi connectivity index (χ3n) is 4.85. The van der Waals surface area contributed by atoms with Gasteiger partial charge in [0.05, 0.1) is 12.5 Å². The molecular formula is C24H22N2O. The summed E-state index contributed by atoms with van der Waals surface area (Å²) in [5.41, 5.74) is 4.41. The van der Waals surface area contributed by atoms with E-state index in [1.807, 2.05) is 66.9 Å². The van der Waals surface area contributed by atoms with Crippen LogP contribution in [0, 0.1) is 0 Å². The van der Waals surface area contributed by atoms with Gasteiger partial charge in [0.25, 0.3) is 0 Å². The van der Waals surface area contributed by atoms with E-state index >= 15 is 0 Å². The summed E-state index contributed by atoms with van der Waals surface area (Å²) < 4.78 is 0. The number of aromatic nitrogens is 1. The average Bonchev–Trinajstić information content (AvgIpc) is 3.12. The number of rotatable bonds is 6. The third kappa shape index (κ3) is 4.09. The van der Waals surface area contributed by atoms with Crippen molar-refractivity contribution in [1.82, 2.24) is 10.3 Å². The van der Waals surface area contributed by atoms with Gasteiger partial charge in [-0.1, -0.05) is 78.9 Å². The number of carbonyl (C=O) groups is 1. The molecule has 0 aliphatic rings. The summed E-state index contributed by atoms with van der Waals surface area (Å²) in [6.45, 7) is 0. The van der Waals surface area contributed by atoms with Crippen LogP contribution in [0.2, 0.25) is 0 Å². The Bertz CT molecular complexity index is 1020. The zero-order valence-electron chi connectivity index (χ0n) is 15.1. The van der Waals surface area contributed by atoms with Gasteiger partial charge in [-0.2, -0.15) is 0 Å². The highest BCUT2D eigenvalue weighted by Crippen LogP contribution is 2.21. The number of aromatic amines is 1. The van der Waals surface area contributed by atoms with E-state index in [1.54, 1.807) is 0 Å². The minimum Gasteiger partial charge on any atom is -0.361 e. The molecule has 4 aromatic rings. The number of fused-ring (bicyclic) bond motifs is 1. The largest absolute Gasteiger partial charge is 0.361 e. The van der Waals surface area contributed by atoms with Gasteiger partial charge in [0.2, 0.25) is 5.91 Å². The number of H-pyrrole nitrogens is 1. The molecule has 3 nitrogen and oxygen atoms in total. The van der Waals surface area contributed by atoms with Crippen molar-refractivity contribution in [1.29, 1.82) is 0 Å². The number of hydrogen-bond acceptors (Lipinski definition) is 1. The van der Waals surface area contributed by atoms with Crippen molar-refractivity contribution in [2.24, 2.45) is 0 Å². The van der Waals surface area contributed by atoms with E-state index in [9.17, 15) is 4.79 Å². The molecule has 2 N–H and O–H groups in total. The van der Waals surface area contributed by atoms with E-state index in [1.165, 1.54) is 5.56 Å². The molecule has 0 aliphatic heterocycles. The van der Waals surface area contributed by atoms with Crippen molar-refractivity contribution in [2.75, 3.05) is 0 Å². The maximum absolute atomic E-state index is 12.8. The fourth-order valence-electron chi connectivity index (χ4n) is 3.48. The second-order valence-electron chi connectivity index (χ2n) is 6.76. The van der Waals surface area contributed by atoms with Crippen LogP contribution >= 0.6 is 0 Å². The zero-order valence-corrected chi connectivity index (χ0v) is 15.1. The van der Waals surface area contributed by atoms with Crippen molar-refractivity contribution < 1.29 is 4.79 Å². The lowest BCUT2D eigenvalue weighted by Crippen LogP contribution is -2.31. The highest BCUT2D eigenvalue weighted by molar-refractivity contribution is 5.89. The molecule has 0 saturated heterocycles. The first kappa shape index (κ1) is 17.1. The maximum Gasteiger partial charge on any atom is 0.224 e. The molecule has 0 radical (unpaired) electrons. The monoisotopic (exact) mass is 354 g/mol. The highest BCUT2D eigenvalue weighted by atomic mass is 16.1. The molecule has 1 amide bonds. The number of nitrogens with one attached hydrogen (secondary N) is 2. The van der Waals surface area contributed by atoms with Crippen molar-refractivity contribution in [3.8, 4) is 0 Å². The molecule has 0 spiro atoms. The molecule has 1 atom stereocenters. The second kappa shape index (κ2) is 7.92. The quantitative estimate of drug-likeness (QED) is 0.513. The van der Waals surface area contributed by atoms with E-state index in [0.29, 0.717) is 6.42 Å². The van der Waals surface area contributed by atoms with E-state index in [4.69, 9.17) is 0 Å². The SMILES string of the molecule is O=C(Cc1c[nH]c2ccccc12)N[C@H](Cc1ccccc1)c1ccccc1. The van der Waals surface area contributed by atoms with Gasteiger partial charge in [-0.15, -0.1) is 0 Å². The van der Waals surface area contributed by atoms with Gasteiger partial charge in [0.15, 0.2) is 0 Å². The van der Waals surface area contributed by atoms with Gasteiger partial charge in [0, 0.05) is 17.1 Å². The van der Waals surface area contributed by atoms with Gasteiger partial charge < -0.3 is 10.3 Å². The minimum atomic E-state index is -0.0497. The van der Waals surface area contributed by atoms with Crippen LogP contribution < -0.4 is 5.32 Å². The summed E-state index contributed by atoms with van der Waals surface area (Å²) in [5, 5.41) is 4.34. The maximum atomic E-state index is 12.8. The lowest BCUT2D eigenvalue weighted by Gasteiger charge is -2.19. The summed E-state index contributed by atoms with van der Waals surface area (Å²) in [6, 6.07) is 28.5. The predicted molar refractivity (Wildman–Crippen MR) is 109 cm³/mol. The Labute approximate surface area is 159 Å². The summed E-state index contributed by atoms with van der Waals surface area (Å²) in [4.78, 5) is 16.0. The Hall–Kier alpha value is -3.33. The summed E-state index contributed by atoms with van der Waals surface area (Å²) in [6.07, 6.45) is 3.06. The number of hydrogen-bond donors (Lipinski definition) is 2. The molecule has 3 aromatic carbocycles. The Morgan fingerprint density at radius 3 is 2.30 bits per heavy atom. The lowest BCUT2D eigenvalue weighted by molar-refractivity contribution is -0.121. The van der Waals surface area contributed by atoms with Gasteiger partial charge >= 0.3 is 0 Å².